The lowest BCUT2D eigenvalue weighted by molar-refractivity contribution is -0.165. The molecule has 0 aliphatic heterocycles. The summed E-state index contributed by atoms with van der Waals surface area (Å²) in [4.78, 5) is 26.9. The van der Waals surface area contributed by atoms with Crippen LogP contribution < -0.4 is 11.1 Å². The van der Waals surface area contributed by atoms with Crippen molar-refractivity contribution >= 4 is 36.3 Å². The number of allylic oxidation sites excluding steroid dienone is 1. The number of nitrogens with one attached hydrogen (secondary N) is 1. The molecule has 6 nitrogen and oxygen atoms in total. The first-order chi connectivity index (χ1) is 13.2. The van der Waals surface area contributed by atoms with Crippen molar-refractivity contribution in [1.29, 1.82) is 0 Å². The molecule has 0 aliphatic carbocycles. The van der Waals surface area contributed by atoms with E-state index in [-0.39, 0.29) is 31.0 Å². The number of nitrogens with two attached hydrogens (primary N) is 1. The molecule has 0 bridgehead atoms. The Morgan fingerprint density at radius 2 is 1.96 bits per heavy atom. The van der Waals surface area contributed by atoms with E-state index in [1.807, 2.05) is 32.3 Å². The average Bonchev–Trinajstić information content (AvgIpc) is 2.65. The van der Waals surface area contributed by atoms with E-state index in [0.717, 1.165) is 12.8 Å². The minimum absolute atomic E-state index is 0.184. The number of nitrogens with zero attached hydrogens (tertiary/aromatic N) is 1. The second-order valence-electron chi connectivity index (χ2n) is 7.51. The van der Waals surface area contributed by atoms with Gasteiger partial charge in [-0.15, -0.1) is 0 Å². The number of aliphatic carboxylic acids is 1. The van der Waals surface area contributed by atoms with Crippen molar-refractivity contribution in [2.75, 3.05) is 24.3 Å². The van der Waals surface area contributed by atoms with Gasteiger partial charge in [0, 0.05) is 37.2 Å². The van der Waals surface area contributed by atoms with Crippen molar-refractivity contribution < 1.29 is 14.7 Å². The Morgan fingerprint density at radius 1 is 1.32 bits per heavy atom. The molecule has 0 aromatic carbocycles. The molecule has 3 atom stereocenters. The fraction of sp³-hybridized carbons (Fsp3) is 0.800. The normalized spacial score (nSPS) is 16.1. The topological polar surface area (TPSA) is 95.7 Å². The summed E-state index contributed by atoms with van der Waals surface area (Å²) in [6.07, 6.45) is 8.26. The van der Waals surface area contributed by atoms with Gasteiger partial charge in [-0.05, 0) is 38.2 Å². The van der Waals surface area contributed by atoms with E-state index >= 15 is 0 Å². The summed E-state index contributed by atoms with van der Waals surface area (Å²) in [5.41, 5.74) is 4.46. The predicted molar refractivity (Wildman–Crippen MR) is 123 cm³/mol. The van der Waals surface area contributed by atoms with Gasteiger partial charge in [-0.2, -0.15) is 24.4 Å². The summed E-state index contributed by atoms with van der Waals surface area (Å²) < 4.78 is 0. The van der Waals surface area contributed by atoms with Gasteiger partial charge in [-0.1, -0.05) is 32.4 Å². The minimum atomic E-state index is -1.49. The zero-order valence-electron chi connectivity index (χ0n) is 18.0. The lowest BCUT2D eigenvalue weighted by Crippen LogP contribution is -2.69. The molecule has 0 heterocycles. The van der Waals surface area contributed by atoms with Crippen LogP contribution in [0.15, 0.2) is 12.2 Å². The number of hydrogen-bond donors (Lipinski definition) is 4. The fourth-order valence-corrected chi connectivity index (χ4v) is 3.54. The van der Waals surface area contributed by atoms with Crippen LogP contribution in [-0.2, 0) is 9.59 Å². The van der Waals surface area contributed by atoms with E-state index in [1.54, 1.807) is 11.8 Å². The highest BCUT2D eigenvalue weighted by atomic mass is 32.2. The number of carboxylic acid groups (broad SMARTS) is 1. The van der Waals surface area contributed by atoms with Crippen LogP contribution in [0.25, 0.3) is 0 Å². The number of thiol groups is 1. The number of carboxylic acids is 1. The highest BCUT2D eigenvalue weighted by Gasteiger charge is 2.47. The number of hydrogen-bond acceptors (Lipinski definition) is 6. The maximum Gasteiger partial charge on any atom is 0.344 e. The summed E-state index contributed by atoms with van der Waals surface area (Å²) in [5.74, 6) is 0.343. The Morgan fingerprint density at radius 3 is 2.43 bits per heavy atom. The van der Waals surface area contributed by atoms with Crippen molar-refractivity contribution in [3.8, 4) is 0 Å². The third-order valence-corrected chi connectivity index (χ3v) is 5.89. The Kier molecular flexibility index (Phi) is 14.0. The van der Waals surface area contributed by atoms with Crippen LogP contribution in [0.2, 0.25) is 0 Å². The predicted octanol–water partition coefficient (Wildman–Crippen LogP) is 2.99. The van der Waals surface area contributed by atoms with Gasteiger partial charge in [0.25, 0.3) is 0 Å². The average molecular weight is 434 g/mol. The Hall–Kier alpha value is -0.700. The zero-order chi connectivity index (χ0) is 21.7. The lowest BCUT2D eigenvalue weighted by atomic mass is 10.0. The van der Waals surface area contributed by atoms with Gasteiger partial charge in [0.15, 0.2) is 5.66 Å². The summed E-state index contributed by atoms with van der Waals surface area (Å²) in [6.45, 7) is 8.26. The SMILES string of the molecule is CC[C@H](C)C/C=C/CC(=O)N(C(C)C)[C@](CCSC)(NC[C@@H](N)CS)C(=O)O. The summed E-state index contributed by atoms with van der Waals surface area (Å²) in [5, 5.41) is 13.2. The van der Waals surface area contributed by atoms with Gasteiger partial charge in [0.1, 0.15) is 0 Å². The van der Waals surface area contributed by atoms with Crippen LogP contribution in [0.4, 0.5) is 0 Å². The molecule has 8 heteroatoms. The minimum Gasteiger partial charge on any atom is -0.478 e. The number of amides is 1. The molecular formula is C20H39N3O3S2. The van der Waals surface area contributed by atoms with Crippen LogP contribution in [0, 0.1) is 5.92 Å². The largest absolute Gasteiger partial charge is 0.478 e. The Bertz CT molecular complexity index is 503. The molecule has 0 saturated heterocycles. The number of carbonyl (C=O) groups is 2. The molecule has 0 radical (unpaired) electrons. The van der Waals surface area contributed by atoms with Crippen molar-refractivity contribution in [1.82, 2.24) is 10.2 Å². The van der Waals surface area contributed by atoms with E-state index < -0.39 is 11.6 Å². The van der Waals surface area contributed by atoms with Crippen molar-refractivity contribution in [2.24, 2.45) is 11.7 Å². The van der Waals surface area contributed by atoms with Crippen LogP contribution in [-0.4, -0.2) is 63.9 Å². The van der Waals surface area contributed by atoms with Crippen LogP contribution in [0.3, 0.4) is 0 Å². The van der Waals surface area contributed by atoms with E-state index in [2.05, 4.69) is 31.8 Å². The van der Waals surface area contributed by atoms with Gasteiger partial charge in [-0.3, -0.25) is 10.1 Å². The molecule has 28 heavy (non-hydrogen) atoms. The molecule has 1 amide bonds. The lowest BCUT2D eigenvalue weighted by Gasteiger charge is -2.44. The summed E-state index contributed by atoms with van der Waals surface area (Å²) in [6, 6.07) is -0.566. The second-order valence-corrected chi connectivity index (χ2v) is 8.86. The molecule has 0 saturated carbocycles. The molecule has 4 N–H and O–H groups in total. The van der Waals surface area contributed by atoms with Crippen LogP contribution in [0.5, 0.6) is 0 Å². The smallest absolute Gasteiger partial charge is 0.344 e. The molecule has 0 aromatic rings. The Balaban J connectivity index is 5.62. The van der Waals surface area contributed by atoms with Gasteiger partial charge >= 0.3 is 5.97 Å². The van der Waals surface area contributed by atoms with E-state index in [1.165, 1.54) is 4.90 Å². The first-order valence-electron chi connectivity index (χ1n) is 9.97. The van der Waals surface area contributed by atoms with Crippen molar-refractivity contribution in [3.63, 3.8) is 0 Å². The quantitative estimate of drug-likeness (QED) is 0.180. The number of rotatable bonds is 15. The Labute approximate surface area is 180 Å². The van der Waals surface area contributed by atoms with Gasteiger partial charge in [0.05, 0.1) is 0 Å². The molecule has 0 rings (SSSR count). The van der Waals surface area contributed by atoms with Gasteiger partial charge < -0.3 is 15.7 Å². The highest BCUT2D eigenvalue weighted by molar-refractivity contribution is 7.98. The number of carbonyl (C=O) groups excluding carboxylic acids is 1. The highest BCUT2D eigenvalue weighted by Crippen LogP contribution is 2.24. The molecule has 0 unspecified atom stereocenters. The molecule has 0 spiro atoms. The third-order valence-electron chi connectivity index (χ3n) is 4.80. The zero-order valence-corrected chi connectivity index (χ0v) is 19.7. The first kappa shape index (κ1) is 27.3. The molecule has 164 valence electrons. The van der Waals surface area contributed by atoms with Gasteiger partial charge in [-0.25, -0.2) is 4.79 Å². The summed E-state index contributed by atoms with van der Waals surface area (Å²) >= 11 is 5.73. The van der Waals surface area contributed by atoms with E-state index in [0.29, 0.717) is 23.8 Å². The third kappa shape index (κ3) is 8.76. The van der Waals surface area contributed by atoms with Crippen molar-refractivity contribution in [3.05, 3.63) is 12.2 Å². The van der Waals surface area contributed by atoms with Crippen molar-refractivity contribution in [2.45, 2.75) is 71.1 Å². The second kappa shape index (κ2) is 14.3. The maximum absolute atomic E-state index is 13.0. The summed E-state index contributed by atoms with van der Waals surface area (Å²) in [7, 11) is 0. The van der Waals surface area contributed by atoms with Gasteiger partial charge in [0.2, 0.25) is 5.91 Å². The number of thioether (sulfide) groups is 1. The molecule has 0 fully saturated rings. The molecule has 0 aromatic heterocycles. The maximum atomic E-state index is 13.0. The van der Waals surface area contributed by atoms with E-state index in [9.17, 15) is 14.7 Å². The standard InChI is InChI=1S/C20H39N3O3S2/c1-6-16(4)9-7-8-10-18(24)23(15(2)3)20(19(25)26,11-12-28-5)22-13-17(21)14-27/h7-8,15-17,22,27H,6,9-14,21H2,1-5H3,(H,25,26)/b8-7+/t16-,17+,20-/m0/s1. The molecule has 0 aliphatic rings. The first-order valence-corrected chi connectivity index (χ1v) is 12.0. The van der Waals surface area contributed by atoms with E-state index in [4.69, 9.17) is 5.73 Å². The molecular weight excluding hydrogens is 394 g/mol. The monoisotopic (exact) mass is 433 g/mol. The van der Waals surface area contributed by atoms with Crippen LogP contribution in [0.1, 0.15) is 53.4 Å². The fourth-order valence-electron chi connectivity index (χ4n) is 2.91. The van der Waals surface area contributed by atoms with Crippen LogP contribution >= 0.6 is 24.4 Å².